The van der Waals surface area contributed by atoms with E-state index in [-0.39, 0.29) is 23.4 Å². The predicted molar refractivity (Wildman–Crippen MR) is 110 cm³/mol. The molecule has 2 amide bonds. The molecule has 4 rings (SSSR count). The quantitative estimate of drug-likeness (QED) is 0.804. The molecule has 28 heavy (non-hydrogen) atoms. The summed E-state index contributed by atoms with van der Waals surface area (Å²) >= 11 is 0. The van der Waals surface area contributed by atoms with Crippen molar-refractivity contribution in [2.45, 2.75) is 62.9 Å². The Morgan fingerprint density at radius 2 is 1.86 bits per heavy atom. The van der Waals surface area contributed by atoms with Crippen LogP contribution in [0.4, 0.5) is 0 Å². The first kappa shape index (κ1) is 18.7. The standard InChI is InChI=1S/C24H28N2O2/c27-22(25-21-12-6-10-19-9-4-5-11-20(19)21)13-15-24(16-14-23(28)26-24)17-18-7-2-1-3-8-18/h1-5,7-9,11,21H,6,10,12-17H2,(H,25,27)(H,26,28). The molecule has 4 nitrogen and oxygen atoms in total. The fourth-order valence-electron chi connectivity index (χ4n) is 4.69. The summed E-state index contributed by atoms with van der Waals surface area (Å²) in [5.74, 6) is 0.174. The lowest BCUT2D eigenvalue weighted by Crippen LogP contribution is -2.44. The average Bonchev–Trinajstić information content (AvgIpc) is 3.08. The van der Waals surface area contributed by atoms with Crippen LogP contribution in [0, 0.1) is 0 Å². The van der Waals surface area contributed by atoms with Crippen LogP contribution in [-0.2, 0) is 22.4 Å². The molecular weight excluding hydrogens is 348 g/mol. The number of fused-ring (bicyclic) bond motifs is 1. The lowest BCUT2D eigenvalue weighted by molar-refractivity contribution is -0.123. The topological polar surface area (TPSA) is 58.2 Å². The van der Waals surface area contributed by atoms with Crippen LogP contribution in [0.3, 0.4) is 0 Å². The molecule has 1 fully saturated rings. The monoisotopic (exact) mass is 376 g/mol. The minimum atomic E-state index is -0.305. The summed E-state index contributed by atoms with van der Waals surface area (Å²) in [6.07, 6.45) is 6.42. The van der Waals surface area contributed by atoms with Crippen molar-refractivity contribution in [1.29, 1.82) is 0 Å². The molecule has 4 heteroatoms. The Labute approximate surface area is 166 Å². The predicted octanol–water partition coefficient (Wildman–Crippen LogP) is 3.85. The van der Waals surface area contributed by atoms with Crippen LogP contribution in [0.5, 0.6) is 0 Å². The highest BCUT2D eigenvalue weighted by Gasteiger charge is 2.38. The molecule has 1 heterocycles. The second-order valence-electron chi connectivity index (χ2n) is 8.20. The van der Waals surface area contributed by atoms with Gasteiger partial charge in [0.05, 0.1) is 6.04 Å². The number of hydrogen-bond donors (Lipinski definition) is 2. The number of carbonyl (C=O) groups excluding carboxylic acids is 2. The molecule has 2 aromatic rings. The number of benzene rings is 2. The van der Waals surface area contributed by atoms with Crippen LogP contribution in [0.1, 0.15) is 61.3 Å². The molecule has 2 N–H and O–H groups in total. The van der Waals surface area contributed by atoms with E-state index in [1.165, 1.54) is 16.7 Å². The van der Waals surface area contributed by atoms with E-state index in [1.54, 1.807) is 0 Å². The maximum atomic E-state index is 12.7. The largest absolute Gasteiger partial charge is 0.350 e. The van der Waals surface area contributed by atoms with Gasteiger partial charge in [0, 0.05) is 18.4 Å². The maximum absolute atomic E-state index is 12.7. The Kier molecular flexibility index (Phi) is 5.47. The van der Waals surface area contributed by atoms with E-state index in [4.69, 9.17) is 0 Å². The van der Waals surface area contributed by atoms with E-state index in [1.807, 2.05) is 24.3 Å². The molecule has 146 valence electrons. The van der Waals surface area contributed by atoms with E-state index >= 15 is 0 Å². The van der Waals surface area contributed by atoms with Crippen molar-refractivity contribution in [2.24, 2.45) is 0 Å². The maximum Gasteiger partial charge on any atom is 0.220 e. The first-order valence-electron chi connectivity index (χ1n) is 10.4. The van der Waals surface area contributed by atoms with Gasteiger partial charge in [-0.15, -0.1) is 0 Å². The Morgan fingerprint density at radius 1 is 1.07 bits per heavy atom. The minimum Gasteiger partial charge on any atom is -0.350 e. The summed E-state index contributed by atoms with van der Waals surface area (Å²) in [5.41, 5.74) is 3.50. The Bertz CT molecular complexity index is 849. The molecule has 2 unspecified atom stereocenters. The van der Waals surface area contributed by atoms with Gasteiger partial charge in [-0.2, -0.15) is 0 Å². The molecule has 1 saturated heterocycles. The van der Waals surface area contributed by atoms with Gasteiger partial charge in [0.1, 0.15) is 0 Å². The lowest BCUT2D eigenvalue weighted by Gasteiger charge is -2.30. The van der Waals surface area contributed by atoms with Gasteiger partial charge in [-0.1, -0.05) is 54.6 Å². The normalized spacial score (nSPS) is 23.7. The number of hydrogen-bond acceptors (Lipinski definition) is 2. The van der Waals surface area contributed by atoms with Crippen molar-refractivity contribution < 1.29 is 9.59 Å². The Balaban J connectivity index is 1.39. The molecule has 2 aromatic carbocycles. The molecule has 1 aliphatic heterocycles. The Morgan fingerprint density at radius 3 is 2.64 bits per heavy atom. The first-order chi connectivity index (χ1) is 13.6. The number of carbonyl (C=O) groups is 2. The first-order valence-corrected chi connectivity index (χ1v) is 10.4. The summed E-state index contributed by atoms with van der Waals surface area (Å²) in [7, 11) is 0. The molecule has 0 saturated carbocycles. The molecule has 0 spiro atoms. The molecule has 0 bridgehead atoms. The third kappa shape index (κ3) is 4.27. The third-order valence-electron chi connectivity index (χ3n) is 6.16. The highest BCUT2D eigenvalue weighted by Crippen LogP contribution is 2.31. The Hall–Kier alpha value is -2.62. The van der Waals surface area contributed by atoms with E-state index in [2.05, 4.69) is 41.0 Å². The van der Waals surface area contributed by atoms with Crippen molar-refractivity contribution in [3.05, 3.63) is 71.3 Å². The zero-order chi connectivity index (χ0) is 19.4. The third-order valence-corrected chi connectivity index (χ3v) is 6.16. The van der Waals surface area contributed by atoms with Gasteiger partial charge in [-0.3, -0.25) is 9.59 Å². The zero-order valence-electron chi connectivity index (χ0n) is 16.2. The van der Waals surface area contributed by atoms with Crippen molar-refractivity contribution in [3.63, 3.8) is 0 Å². The van der Waals surface area contributed by atoms with Crippen LogP contribution in [0.15, 0.2) is 54.6 Å². The average molecular weight is 377 g/mol. The summed E-state index contributed by atoms with van der Waals surface area (Å²) in [6.45, 7) is 0. The van der Waals surface area contributed by atoms with Crippen LogP contribution < -0.4 is 10.6 Å². The summed E-state index contributed by atoms with van der Waals surface area (Å²) in [4.78, 5) is 24.7. The number of nitrogens with one attached hydrogen (secondary N) is 2. The SMILES string of the molecule is O=C(CCC1(Cc2ccccc2)CCC(=O)N1)NC1CCCc2ccccc21. The van der Waals surface area contributed by atoms with Gasteiger partial charge >= 0.3 is 0 Å². The molecule has 2 aliphatic rings. The highest BCUT2D eigenvalue weighted by molar-refractivity contribution is 5.80. The van der Waals surface area contributed by atoms with Crippen LogP contribution >= 0.6 is 0 Å². The molecule has 0 aromatic heterocycles. The molecule has 1 aliphatic carbocycles. The second-order valence-corrected chi connectivity index (χ2v) is 8.20. The van der Waals surface area contributed by atoms with E-state index in [0.29, 0.717) is 19.3 Å². The molecular formula is C24H28N2O2. The van der Waals surface area contributed by atoms with Crippen LogP contribution in [0.2, 0.25) is 0 Å². The van der Waals surface area contributed by atoms with E-state index in [0.717, 1.165) is 32.1 Å². The van der Waals surface area contributed by atoms with Crippen molar-refractivity contribution in [2.75, 3.05) is 0 Å². The van der Waals surface area contributed by atoms with E-state index in [9.17, 15) is 9.59 Å². The fraction of sp³-hybridized carbons (Fsp3) is 0.417. The van der Waals surface area contributed by atoms with Crippen molar-refractivity contribution in [1.82, 2.24) is 10.6 Å². The van der Waals surface area contributed by atoms with Gasteiger partial charge in [-0.25, -0.2) is 0 Å². The molecule has 0 radical (unpaired) electrons. The summed E-state index contributed by atoms with van der Waals surface area (Å²) in [5, 5.41) is 6.41. The van der Waals surface area contributed by atoms with Crippen LogP contribution in [-0.4, -0.2) is 17.4 Å². The van der Waals surface area contributed by atoms with Crippen LogP contribution in [0.25, 0.3) is 0 Å². The smallest absolute Gasteiger partial charge is 0.220 e. The zero-order valence-corrected chi connectivity index (χ0v) is 16.2. The lowest BCUT2D eigenvalue weighted by atomic mass is 9.84. The minimum absolute atomic E-state index is 0.0790. The van der Waals surface area contributed by atoms with Gasteiger partial charge < -0.3 is 10.6 Å². The fourth-order valence-corrected chi connectivity index (χ4v) is 4.69. The van der Waals surface area contributed by atoms with Gasteiger partial charge in [0.2, 0.25) is 11.8 Å². The van der Waals surface area contributed by atoms with E-state index < -0.39 is 0 Å². The summed E-state index contributed by atoms with van der Waals surface area (Å²) < 4.78 is 0. The number of rotatable bonds is 6. The van der Waals surface area contributed by atoms with Gasteiger partial charge in [0.15, 0.2) is 0 Å². The highest BCUT2D eigenvalue weighted by atomic mass is 16.2. The number of amides is 2. The summed E-state index contributed by atoms with van der Waals surface area (Å²) in [6, 6.07) is 18.7. The molecule has 2 atom stereocenters. The van der Waals surface area contributed by atoms with Crippen molar-refractivity contribution in [3.8, 4) is 0 Å². The van der Waals surface area contributed by atoms with Gasteiger partial charge in [-0.05, 0) is 55.2 Å². The number of aryl methyl sites for hydroxylation is 1. The van der Waals surface area contributed by atoms with Crippen molar-refractivity contribution >= 4 is 11.8 Å². The second kappa shape index (κ2) is 8.17. The van der Waals surface area contributed by atoms with Gasteiger partial charge in [0.25, 0.3) is 0 Å².